The molecule has 9 heteroatoms. The molecule has 1 aromatic rings. The molecule has 2 nitrogen and oxygen atoms in total. The minimum atomic E-state index is -4.82. The Kier molecular flexibility index (Phi) is 7.58. The van der Waals surface area contributed by atoms with Gasteiger partial charge in [0.2, 0.25) is 0 Å². The number of benzene rings is 1. The second-order valence-corrected chi connectivity index (χ2v) is 5.89. The van der Waals surface area contributed by atoms with Gasteiger partial charge in [0.25, 0.3) is 0 Å². The van der Waals surface area contributed by atoms with Crippen LogP contribution in [0.1, 0.15) is 42.5 Å². The van der Waals surface area contributed by atoms with Crippen molar-refractivity contribution < 1.29 is 26.3 Å². The highest BCUT2D eigenvalue weighted by Crippen LogP contribution is 2.41. The van der Waals surface area contributed by atoms with E-state index in [0.717, 1.165) is 12.1 Å². The van der Waals surface area contributed by atoms with Gasteiger partial charge in [-0.05, 0) is 24.1 Å². The van der Waals surface area contributed by atoms with Crippen LogP contribution in [0.5, 0.6) is 0 Å². The van der Waals surface area contributed by atoms with Crippen LogP contribution < -0.4 is 5.32 Å². The molecule has 0 saturated carbocycles. The van der Waals surface area contributed by atoms with E-state index < -0.39 is 29.5 Å². The van der Waals surface area contributed by atoms with Crippen molar-refractivity contribution in [2.24, 2.45) is 0 Å². The van der Waals surface area contributed by atoms with Crippen LogP contribution in [-0.4, -0.2) is 31.1 Å². The zero-order valence-electron chi connectivity index (χ0n) is 13.7. The Morgan fingerprint density at radius 3 is 2.12 bits per heavy atom. The van der Waals surface area contributed by atoms with Gasteiger partial charge in [0.05, 0.1) is 11.1 Å². The van der Waals surface area contributed by atoms with Crippen LogP contribution in [-0.2, 0) is 12.4 Å². The van der Waals surface area contributed by atoms with Crippen molar-refractivity contribution in [2.45, 2.75) is 38.2 Å². The summed E-state index contributed by atoms with van der Waals surface area (Å²) < 4.78 is 78.6. The molecule has 1 atom stereocenters. The standard InChI is InChI=1S/C16H20F6N2.ClH/c1-2-3-14(24-8-6-23-7-9-24)12-5-4-11(15(17,18)19)10-13(12)16(20,21)22;/h4-5,10,14,23H,2-3,6-9H2,1H3;1H/t14-;/m1./s1. The van der Waals surface area contributed by atoms with Crippen molar-refractivity contribution in [2.75, 3.05) is 26.2 Å². The molecular weight excluding hydrogens is 370 g/mol. The first kappa shape index (κ1) is 22.1. The van der Waals surface area contributed by atoms with Gasteiger partial charge >= 0.3 is 12.4 Å². The van der Waals surface area contributed by atoms with Crippen molar-refractivity contribution in [1.29, 1.82) is 0 Å². The molecule has 25 heavy (non-hydrogen) atoms. The molecule has 1 N–H and O–H groups in total. The lowest BCUT2D eigenvalue weighted by atomic mass is 9.93. The molecule has 0 amide bonds. The molecule has 0 spiro atoms. The molecule has 0 aromatic heterocycles. The third-order valence-corrected chi connectivity index (χ3v) is 4.20. The van der Waals surface area contributed by atoms with E-state index >= 15 is 0 Å². The zero-order chi connectivity index (χ0) is 18.0. The van der Waals surface area contributed by atoms with E-state index in [1.807, 2.05) is 11.8 Å². The molecule has 1 aliphatic rings. The Morgan fingerprint density at radius 1 is 1.04 bits per heavy atom. The maximum atomic E-state index is 13.4. The molecule has 0 aliphatic carbocycles. The predicted molar refractivity (Wildman–Crippen MR) is 85.8 cm³/mol. The first-order valence-electron chi connectivity index (χ1n) is 7.87. The van der Waals surface area contributed by atoms with Crippen LogP contribution >= 0.6 is 12.4 Å². The fraction of sp³-hybridized carbons (Fsp3) is 0.625. The van der Waals surface area contributed by atoms with Crippen molar-refractivity contribution >= 4 is 12.4 Å². The molecule has 144 valence electrons. The Morgan fingerprint density at radius 2 is 1.64 bits per heavy atom. The number of piperazine rings is 1. The number of alkyl halides is 6. The van der Waals surface area contributed by atoms with E-state index in [1.165, 1.54) is 0 Å². The summed E-state index contributed by atoms with van der Waals surface area (Å²) in [4.78, 5) is 1.91. The highest BCUT2D eigenvalue weighted by atomic mass is 35.5. The Bertz CT molecular complexity index is 553. The Balaban J connectivity index is 0.00000312. The highest BCUT2D eigenvalue weighted by molar-refractivity contribution is 5.85. The van der Waals surface area contributed by atoms with Gasteiger partial charge in [-0.3, -0.25) is 4.90 Å². The molecule has 1 saturated heterocycles. The van der Waals surface area contributed by atoms with Crippen LogP contribution in [0.3, 0.4) is 0 Å². The second-order valence-electron chi connectivity index (χ2n) is 5.89. The number of nitrogens with one attached hydrogen (secondary N) is 1. The number of halogens is 7. The van der Waals surface area contributed by atoms with E-state index in [2.05, 4.69) is 5.32 Å². The summed E-state index contributed by atoms with van der Waals surface area (Å²) in [5, 5.41) is 3.12. The normalized spacial score (nSPS) is 17.9. The maximum absolute atomic E-state index is 13.4. The number of hydrogen-bond donors (Lipinski definition) is 1. The topological polar surface area (TPSA) is 15.3 Å². The third-order valence-electron chi connectivity index (χ3n) is 4.20. The zero-order valence-corrected chi connectivity index (χ0v) is 14.5. The molecule has 0 bridgehead atoms. The highest BCUT2D eigenvalue weighted by Gasteiger charge is 2.40. The summed E-state index contributed by atoms with van der Waals surface area (Å²) in [5.41, 5.74) is -2.53. The molecule has 0 unspecified atom stereocenters. The van der Waals surface area contributed by atoms with E-state index in [9.17, 15) is 26.3 Å². The van der Waals surface area contributed by atoms with E-state index in [4.69, 9.17) is 0 Å². The SMILES string of the molecule is CCC[C@H](c1ccc(C(F)(F)F)cc1C(F)(F)F)N1CCNCC1.Cl. The molecule has 1 heterocycles. The third kappa shape index (κ3) is 5.49. The molecule has 1 fully saturated rings. The van der Waals surface area contributed by atoms with Crippen LogP contribution in [0.15, 0.2) is 18.2 Å². The monoisotopic (exact) mass is 390 g/mol. The number of rotatable bonds is 4. The van der Waals surface area contributed by atoms with Gasteiger partial charge in [-0.1, -0.05) is 19.4 Å². The molecule has 1 aliphatic heterocycles. The van der Waals surface area contributed by atoms with Gasteiger partial charge < -0.3 is 5.32 Å². The fourth-order valence-corrected chi connectivity index (χ4v) is 3.07. The van der Waals surface area contributed by atoms with Crippen molar-refractivity contribution in [3.63, 3.8) is 0 Å². The largest absolute Gasteiger partial charge is 0.416 e. The summed E-state index contributed by atoms with van der Waals surface area (Å²) in [6.45, 7) is 4.31. The molecular formula is C16H21ClF6N2. The van der Waals surface area contributed by atoms with Crippen LogP contribution in [0.4, 0.5) is 26.3 Å². The Labute approximate surface area is 149 Å². The first-order valence-corrected chi connectivity index (χ1v) is 7.87. The molecule has 2 rings (SSSR count). The van der Waals surface area contributed by atoms with Gasteiger partial charge in [0, 0.05) is 32.2 Å². The summed E-state index contributed by atoms with van der Waals surface area (Å²) in [6.07, 6.45) is -8.51. The average Bonchev–Trinajstić information content (AvgIpc) is 2.51. The lowest BCUT2D eigenvalue weighted by molar-refractivity contribution is -0.143. The number of hydrogen-bond acceptors (Lipinski definition) is 2. The lowest BCUT2D eigenvalue weighted by Crippen LogP contribution is -2.45. The summed E-state index contributed by atoms with van der Waals surface area (Å²) in [6, 6.07) is 1.44. The smallest absolute Gasteiger partial charge is 0.314 e. The van der Waals surface area contributed by atoms with E-state index in [-0.39, 0.29) is 24.0 Å². The minimum Gasteiger partial charge on any atom is -0.314 e. The lowest BCUT2D eigenvalue weighted by Gasteiger charge is -2.36. The van der Waals surface area contributed by atoms with Crippen LogP contribution in [0.25, 0.3) is 0 Å². The predicted octanol–water partition coefficient (Wildman–Crippen LogP) is 4.89. The summed E-state index contributed by atoms with van der Waals surface area (Å²) in [5.74, 6) is 0. The van der Waals surface area contributed by atoms with Crippen molar-refractivity contribution in [3.05, 3.63) is 34.9 Å². The minimum absolute atomic E-state index is 0. The average molecular weight is 391 g/mol. The van der Waals surface area contributed by atoms with Gasteiger partial charge in [-0.25, -0.2) is 0 Å². The second kappa shape index (κ2) is 8.60. The summed E-state index contributed by atoms with van der Waals surface area (Å²) >= 11 is 0. The van der Waals surface area contributed by atoms with Gasteiger partial charge in [-0.2, -0.15) is 26.3 Å². The van der Waals surface area contributed by atoms with Gasteiger partial charge in [-0.15, -0.1) is 12.4 Å². The van der Waals surface area contributed by atoms with E-state index in [1.54, 1.807) is 0 Å². The quantitative estimate of drug-likeness (QED) is 0.736. The maximum Gasteiger partial charge on any atom is 0.416 e. The summed E-state index contributed by atoms with van der Waals surface area (Å²) in [7, 11) is 0. The van der Waals surface area contributed by atoms with E-state index in [0.29, 0.717) is 39.0 Å². The van der Waals surface area contributed by atoms with Crippen LogP contribution in [0.2, 0.25) is 0 Å². The van der Waals surface area contributed by atoms with Crippen molar-refractivity contribution in [3.8, 4) is 0 Å². The molecule has 1 aromatic carbocycles. The van der Waals surface area contributed by atoms with Crippen molar-refractivity contribution in [1.82, 2.24) is 10.2 Å². The number of nitrogens with zero attached hydrogens (tertiary/aromatic N) is 1. The van der Waals surface area contributed by atoms with Crippen LogP contribution in [0, 0.1) is 0 Å². The fourth-order valence-electron chi connectivity index (χ4n) is 3.07. The van der Waals surface area contributed by atoms with Gasteiger partial charge in [0.1, 0.15) is 0 Å². The Hall–Kier alpha value is -0.990. The first-order chi connectivity index (χ1) is 11.1. The molecule has 0 radical (unpaired) electrons. The van der Waals surface area contributed by atoms with Gasteiger partial charge in [0.15, 0.2) is 0 Å².